The van der Waals surface area contributed by atoms with Gasteiger partial charge in [-0.1, -0.05) is 25.2 Å². The smallest absolute Gasteiger partial charge is 0.356 e. The zero-order chi connectivity index (χ0) is 13.5. The number of carboxylic acid groups (broad SMARTS) is 1. The first-order chi connectivity index (χ1) is 8.30. The summed E-state index contributed by atoms with van der Waals surface area (Å²) in [6, 6.07) is 0. The Bertz CT molecular complexity index is 476. The maximum atomic E-state index is 11.4. The van der Waals surface area contributed by atoms with Crippen molar-refractivity contribution >= 4 is 28.2 Å². The van der Waals surface area contributed by atoms with Crippen LogP contribution in [0.5, 0.6) is 0 Å². The van der Waals surface area contributed by atoms with Crippen molar-refractivity contribution in [2.24, 2.45) is 5.41 Å². The zero-order valence-corrected chi connectivity index (χ0v) is 11.5. The van der Waals surface area contributed by atoms with Gasteiger partial charge in [-0.15, -0.1) is 0 Å². The summed E-state index contributed by atoms with van der Waals surface area (Å²) in [4.78, 5) is 28.9. The molecule has 0 amide bonds. The monoisotopic (exact) mass is 268 g/mol. The number of aromatic nitrogens is 1. The molecular weight excluding hydrogens is 252 g/mol. The molecule has 0 radical (unpaired) electrons. The standard InChI is InChI=1S/C12H16N2O3S/c1-7(15)9-8(10(16)17)13-11(18-9)14-5-4-12(2,3)6-14/h4-6H2,1-3H3,(H,16,17). The van der Waals surface area contributed by atoms with Crippen molar-refractivity contribution in [1.29, 1.82) is 0 Å². The highest BCUT2D eigenvalue weighted by atomic mass is 32.1. The summed E-state index contributed by atoms with van der Waals surface area (Å²) in [6.45, 7) is 7.42. The minimum Gasteiger partial charge on any atom is -0.476 e. The van der Waals surface area contributed by atoms with E-state index in [1.807, 2.05) is 0 Å². The van der Waals surface area contributed by atoms with Crippen molar-refractivity contribution in [3.63, 3.8) is 0 Å². The van der Waals surface area contributed by atoms with Gasteiger partial charge >= 0.3 is 5.97 Å². The largest absolute Gasteiger partial charge is 0.476 e. The highest BCUT2D eigenvalue weighted by Crippen LogP contribution is 2.35. The van der Waals surface area contributed by atoms with Crippen LogP contribution in [-0.4, -0.2) is 34.9 Å². The second kappa shape index (κ2) is 4.35. The van der Waals surface area contributed by atoms with Gasteiger partial charge in [-0.05, 0) is 11.8 Å². The Kier molecular flexibility index (Phi) is 3.14. The molecule has 98 valence electrons. The Labute approximate surface area is 109 Å². The van der Waals surface area contributed by atoms with Crippen molar-refractivity contribution in [2.45, 2.75) is 27.2 Å². The van der Waals surface area contributed by atoms with Gasteiger partial charge < -0.3 is 10.0 Å². The van der Waals surface area contributed by atoms with E-state index in [1.54, 1.807) is 0 Å². The van der Waals surface area contributed by atoms with Crippen LogP contribution in [0.1, 0.15) is 47.4 Å². The van der Waals surface area contributed by atoms with Gasteiger partial charge in [-0.3, -0.25) is 4.79 Å². The van der Waals surface area contributed by atoms with Gasteiger partial charge in [0.1, 0.15) is 4.88 Å². The maximum absolute atomic E-state index is 11.4. The number of carbonyl (C=O) groups excluding carboxylic acids is 1. The summed E-state index contributed by atoms with van der Waals surface area (Å²) in [5, 5.41) is 9.69. The number of hydrogen-bond donors (Lipinski definition) is 1. The van der Waals surface area contributed by atoms with Gasteiger partial charge in [0.05, 0.1) is 0 Å². The Morgan fingerprint density at radius 1 is 1.44 bits per heavy atom. The van der Waals surface area contributed by atoms with Gasteiger partial charge in [0.15, 0.2) is 16.6 Å². The lowest BCUT2D eigenvalue weighted by molar-refractivity contribution is 0.0687. The molecule has 1 aromatic heterocycles. The molecule has 1 fully saturated rings. The molecule has 0 spiro atoms. The molecule has 1 aliphatic rings. The number of carboxylic acids is 1. The van der Waals surface area contributed by atoms with Crippen LogP contribution in [0.3, 0.4) is 0 Å². The zero-order valence-electron chi connectivity index (χ0n) is 10.7. The average Bonchev–Trinajstić information content (AvgIpc) is 2.80. The lowest BCUT2D eigenvalue weighted by Gasteiger charge is -2.18. The van der Waals surface area contributed by atoms with Gasteiger partial charge in [0.2, 0.25) is 0 Å². The van der Waals surface area contributed by atoms with Crippen LogP contribution in [0.25, 0.3) is 0 Å². The van der Waals surface area contributed by atoms with Crippen LogP contribution < -0.4 is 4.90 Å². The van der Waals surface area contributed by atoms with Crippen molar-refractivity contribution in [3.05, 3.63) is 10.6 Å². The van der Waals surface area contributed by atoms with Crippen molar-refractivity contribution in [3.8, 4) is 0 Å². The van der Waals surface area contributed by atoms with E-state index >= 15 is 0 Å². The molecule has 6 heteroatoms. The molecule has 1 aromatic rings. The first kappa shape index (κ1) is 13.0. The molecule has 0 atom stereocenters. The van der Waals surface area contributed by atoms with Gasteiger partial charge in [-0.25, -0.2) is 9.78 Å². The molecule has 0 unspecified atom stereocenters. The average molecular weight is 268 g/mol. The molecule has 2 rings (SSSR count). The number of anilines is 1. The summed E-state index contributed by atoms with van der Waals surface area (Å²) >= 11 is 1.18. The summed E-state index contributed by atoms with van der Waals surface area (Å²) in [5.41, 5.74) is 0.0954. The van der Waals surface area contributed by atoms with E-state index in [2.05, 4.69) is 23.7 Å². The third kappa shape index (κ3) is 2.38. The number of aromatic carboxylic acids is 1. The second-order valence-corrected chi connectivity index (χ2v) is 6.35. The second-order valence-electron chi connectivity index (χ2n) is 5.37. The van der Waals surface area contributed by atoms with Crippen LogP contribution in [0.4, 0.5) is 5.13 Å². The maximum Gasteiger partial charge on any atom is 0.356 e. The van der Waals surface area contributed by atoms with Crippen molar-refractivity contribution in [1.82, 2.24) is 4.98 Å². The SMILES string of the molecule is CC(=O)c1sc(N2CCC(C)(C)C2)nc1C(=O)O. The Balaban J connectivity index is 2.33. The molecule has 0 aromatic carbocycles. The molecule has 0 saturated carbocycles. The number of hydrogen-bond acceptors (Lipinski definition) is 5. The fraction of sp³-hybridized carbons (Fsp3) is 0.583. The van der Waals surface area contributed by atoms with E-state index in [0.717, 1.165) is 19.5 Å². The summed E-state index contributed by atoms with van der Waals surface area (Å²) < 4.78 is 0. The minimum absolute atomic E-state index is 0.118. The number of nitrogens with zero attached hydrogens (tertiary/aromatic N) is 2. The third-order valence-electron chi connectivity index (χ3n) is 3.09. The highest BCUT2D eigenvalue weighted by Gasteiger charge is 2.32. The Morgan fingerprint density at radius 2 is 2.11 bits per heavy atom. The van der Waals surface area contributed by atoms with Crippen LogP contribution in [0.2, 0.25) is 0 Å². The molecule has 1 saturated heterocycles. The van der Waals surface area contributed by atoms with Gasteiger partial charge in [-0.2, -0.15) is 0 Å². The third-order valence-corrected chi connectivity index (χ3v) is 4.30. The quantitative estimate of drug-likeness (QED) is 0.852. The molecule has 0 bridgehead atoms. The first-order valence-electron chi connectivity index (χ1n) is 5.80. The molecule has 1 aliphatic heterocycles. The van der Waals surface area contributed by atoms with E-state index < -0.39 is 5.97 Å². The molecule has 18 heavy (non-hydrogen) atoms. The fourth-order valence-corrected chi connectivity index (χ4v) is 3.08. The van der Waals surface area contributed by atoms with Crippen LogP contribution in [-0.2, 0) is 0 Å². The van der Waals surface area contributed by atoms with E-state index in [-0.39, 0.29) is 21.8 Å². The van der Waals surface area contributed by atoms with E-state index in [9.17, 15) is 9.59 Å². The topological polar surface area (TPSA) is 70.5 Å². The van der Waals surface area contributed by atoms with Crippen LogP contribution in [0.15, 0.2) is 0 Å². The van der Waals surface area contributed by atoms with Crippen LogP contribution >= 0.6 is 11.3 Å². The molecule has 1 N–H and O–H groups in total. The van der Waals surface area contributed by atoms with Crippen LogP contribution in [0, 0.1) is 5.41 Å². The number of Topliss-reactive ketones (excluding diaryl/α,β-unsaturated/α-hetero) is 1. The number of rotatable bonds is 3. The highest BCUT2D eigenvalue weighted by molar-refractivity contribution is 7.17. The summed E-state index contributed by atoms with van der Waals surface area (Å²) in [6.07, 6.45) is 1.05. The fourth-order valence-electron chi connectivity index (χ4n) is 2.10. The first-order valence-corrected chi connectivity index (χ1v) is 6.62. The lowest BCUT2D eigenvalue weighted by atomic mass is 9.93. The number of carbonyl (C=O) groups is 2. The predicted octanol–water partition coefficient (Wildman–Crippen LogP) is 2.28. The number of ketones is 1. The minimum atomic E-state index is -1.14. The van der Waals surface area contributed by atoms with Gasteiger partial charge in [0, 0.05) is 20.0 Å². The van der Waals surface area contributed by atoms with Crippen molar-refractivity contribution < 1.29 is 14.7 Å². The Morgan fingerprint density at radius 3 is 2.50 bits per heavy atom. The predicted molar refractivity (Wildman–Crippen MR) is 69.7 cm³/mol. The summed E-state index contributed by atoms with van der Waals surface area (Å²) in [7, 11) is 0. The lowest BCUT2D eigenvalue weighted by Crippen LogP contribution is -2.22. The van der Waals surface area contributed by atoms with Gasteiger partial charge in [0.25, 0.3) is 0 Å². The van der Waals surface area contributed by atoms with E-state index in [0.29, 0.717) is 5.13 Å². The number of thiazole rings is 1. The molecular formula is C12H16N2O3S. The molecule has 5 nitrogen and oxygen atoms in total. The Hall–Kier alpha value is -1.43. The molecule has 0 aliphatic carbocycles. The normalized spacial score (nSPS) is 18.1. The van der Waals surface area contributed by atoms with E-state index in [1.165, 1.54) is 18.3 Å². The molecule has 2 heterocycles. The summed E-state index contributed by atoms with van der Waals surface area (Å²) in [5.74, 6) is -1.38. The van der Waals surface area contributed by atoms with E-state index in [4.69, 9.17) is 5.11 Å². The van der Waals surface area contributed by atoms with Crippen molar-refractivity contribution in [2.75, 3.05) is 18.0 Å².